The summed E-state index contributed by atoms with van der Waals surface area (Å²) in [6, 6.07) is 5.15. The molecule has 1 heterocycles. The lowest BCUT2D eigenvalue weighted by Crippen LogP contribution is -2.35. The van der Waals surface area contributed by atoms with E-state index in [4.69, 9.17) is 4.74 Å². The lowest BCUT2D eigenvalue weighted by atomic mass is 9.89. The molecule has 1 amide bonds. The Labute approximate surface area is 148 Å². The predicted octanol–water partition coefficient (Wildman–Crippen LogP) is 3.62. The van der Waals surface area contributed by atoms with Gasteiger partial charge in [-0.3, -0.25) is 4.79 Å². The van der Waals surface area contributed by atoms with Crippen molar-refractivity contribution in [2.24, 2.45) is 5.92 Å². The van der Waals surface area contributed by atoms with Crippen molar-refractivity contribution in [2.75, 3.05) is 13.1 Å². The number of carboxylic acids is 1. The molecule has 1 aromatic carbocycles. The standard InChI is InChI=1S/C17H20F3NO5/c1-16(2,3)26-15(24)21-8-12(13(9-21)14(22)23)10-5-4-6-11(7-10)25-17(18,19)20/h4-7,12-13H,8-9H2,1-3H3,(H,22,23)/t12-,13+/m1/s1. The van der Waals surface area contributed by atoms with Crippen LogP contribution in [0.2, 0.25) is 0 Å². The average Bonchev–Trinajstić information content (AvgIpc) is 2.89. The van der Waals surface area contributed by atoms with Crippen LogP contribution in [-0.4, -0.2) is 47.1 Å². The minimum atomic E-state index is -4.84. The molecule has 2 atom stereocenters. The number of halogens is 3. The number of likely N-dealkylation sites (tertiary alicyclic amines) is 1. The Morgan fingerprint density at radius 1 is 1.19 bits per heavy atom. The van der Waals surface area contributed by atoms with Gasteiger partial charge in [-0.25, -0.2) is 4.79 Å². The van der Waals surface area contributed by atoms with E-state index in [0.29, 0.717) is 5.56 Å². The first-order valence-corrected chi connectivity index (χ1v) is 7.92. The number of rotatable bonds is 3. The molecule has 0 unspecified atom stereocenters. The Hall–Kier alpha value is -2.45. The summed E-state index contributed by atoms with van der Waals surface area (Å²) in [7, 11) is 0. The molecule has 2 rings (SSSR count). The zero-order chi connectivity index (χ0) is 19.7. The summed E-state index contributed by atoms with van der Waals surface area (Å²) in [4.78, 5) is 25.0. The van der Waals surface area contributed by atoms with E-state index >= 15 is 0 Å². The van der Waals surface area contributed by atoms with Crippen LogP contribution >= 0.6 is 0 Å². The number of alkyl halides is 3. The highest BCUT2D eigenvalue weighted by Gasteiger charge is 2.42. The maximum Gasteiger partial charge on any atom is 0.573 e. The molecule has 0 aromatic heterocycles. The molecule has 1 fully saturated rings. The van der Waals surface area contributed by atoms with Gasteiger partial charge in [0.2, 0.25) is 0 Å². The van der Waals surface area contributed by atoms with Gasteiger partial charge in [0.1, 0.15) is 11.4 Å². The first kappa shape index (κ1) is 19.9. The largest absolute Gasteiger partial charge is 0.573 e. The van der Waals surface area contributed by atoms with Gasteiger partial charge in [-0.1, -0.05) is 12.1 Å². The number of hydrogen-bond donors (Lipinski definition) is 1. The van der Waals surface area contributed by atoms with Crippen molar-refractivity contribution in [3.05, 3.63) is 29.8 Å². The van der Waals surface area contributed by atoms with Crippen LogP contribution in [0, 0.1) is 5.92 Å². The minimum Gasteiger partial charge on any atom is -0.481 e. The normalized spacial score (nSPS) is 20.8. The summed E-state index contributed by atoms with van der Waals surface area (Å²) < 4.78 is 46.3. The van der Waals surface area contributed by atoms with E-state index in [0.717, 1.165) is 12.1 Å². The zero-order valence-corrected chi connectivity index (χ0v) is 14.5. The van der Waals surface area contributed by atoms with Gasteiger partial charge in [0, 0.05) is 19.0 Å². The van der Waals surface area contributed by atoms with E-state index in [1.165, 1.54) is 17.0 Å². The Balaban J connectivity index is 2.23. The number of carboxylic acid groups (broad SMARTS) is 1. The van der Waals surface area contributed by atoms with Gasteiger partial charge < -0.3 is 19.5 Å². The molecule has 1 saturated heterocycles. The summed E-state index contributed by atoms with van der Waals surface area (Å²) in [6.45, 7) is 5.00. The average molecular weight is 375 g/mol. The molecule has 9 heteroatoms. The van der Waals surface area contributed by atoms with Gasteiger partial charge in [-0.05, 0) is 38.5 Å². The fraction of sp³-hybridized carbons (Fsp3) is 0.529. The molecule has 0 bridgehead atoms. The number of aliphatic carboxylic acids is 1. The fourth-order valence-electron chi connectivity index (χ4n) is 2.81. The van der Waals surface area contributed by atoms with Crippen LogP contribution in [0.3, 0.4) is 0 Å². The third kappa shape index (κ3) is 5.27. The lowest BCUT2D eigenvalue weighted by Gasteiger charge is -2.24. The Morgan fingerprint density at radius 2 is 1.85 bits per heavy atom. The molecule has 1 aliphatic heterocycles. The second-order valence-electron chi connectivity index (χ2n) is 7.06. The highest BCUT2D eigenvalue weighted by atomic mass is 19.4. The van der Waals surface area contributed by atoms with E-state index in [-0.39, 0.29) is 13.1 Å². The molecule has 0 spiro atoms. The van der Waals surface area contributed by atoms with Gasteiger partial charge in [-0.2, -0.15) is 0 Å². The number of nitrogens with zero attached hydrogens (tertiary/aromatic N) is 1. The van der Waals surface area contributed by atoms with Crippen LogP contribution in [0.1, 0.15) is 32.3 Å². The zero-order valence-electron chi connectivity index (χ0n) is 14.5. The van der Waals surface area contributed by atoms with Crippen LogP contribution in [0.5, 0.6) is 5.75 Å². The molecular formula is C17H20F3NO5. The lowest BCUT2D eigenvalue weighted by molar-refractivity contribution is -0.274. The summed E-state index contributed by atoms with van der Waals surface area (Å²) in [5.74, 6) is -3.20. The monoisotopic (exact) mass is 375 g/mol. The first-order chi connectivity index (χ1) is 11.9. The molecule has 1 aromatic rings. The number of benzene rings is 1. The molecule has 6 nitrogen and oxygen atoms in total. The van der Waals surface area contributed by atoms with E-state index in [1.54, 1.807) is 20.8 Å². The van der Waals surface area contributed by atoms with E-state index in [9.17, 15) is 27.9 Å². The maximum absolute atomic E-state index is 12.4. The first-order valence-electron chi connectivity index (χ1n) is 7.92. The summed E-state index contributed by atoms with van der Waals surface area (Å²) >= 11 is 0. The van der Waals surface area contributed by atoms with Gasteiger partial charge >= 0.3 is 18.4 Å². The van der Waals surface area contributed by atoms with Crippen molar-refractivity contribution in [3.8, 4) is 5.75 Å². The van der Waals surface area contributed by atoms with Crippen LogP contribution in [0.25, 0.3) is 0 Å². The smallest absolute Gasteiger partial charge is 0.481 e. The Bertz CT molecular complexity index is 684. The molecule has 1 N–H and O–H groups in total. The van der Waals surface area contributed by atoms with E-state index in [2.05, 4.69) is 4.74 Å². The van der Waals surface area contributed by atoms with E-state index < -0.39 is 41.6 Å². The van der Waals surface area contributed by atoms with Crippen LogP contribution < -0.4 is 4.74 Å². The van der Waals surface area contributed by atoms with Gasteiger partial charge in [0.15, 0.2) is 0 Å². The van der Waals surface area contributed by atoms with Crippen LogP contribution in [0.4, 0.5) is 18.0 Å². The molecule has 26 heavy (non-hydrogen) atoms. The number of amides is 1. The molecule has 1 aliphatic rings. The molecule has 144 valence electrons. The van der Waals surface area contributed by atoms with Crippen molar-refractivity contribution in [3.63, 3.8) is 0 Å². The highest BCUT2D eigenvalue weighted by molar-refractivity contribution is 5.76. The number of ether oxygens (including phenoxy) is 2. The maximum atomic E-state index is 12.4. The number of hydrogen-bond acceptors (Lipinski definition) is 4. The highest BCUT2D eigenvalue weighted by Crippen LogP contribution is 2.36. The second kappa shape index (κ2) is 7.05. The van der Waals surface area contributed by atoms with Crippen molar-refractivity contribution in [1.82, 2.24) is 4.90 Å². The topological polar surface area (TPSA) is 76.1 Å². The SMILES string of the molecule is CC(C)(C)OC(=O)N1C[C@H](C(=O)O)[C@@H](c2cccc(OC(F)(F)F)c2)C1. The second-order valence-corrected chi connectivity index (χ2v) is 7.06. The van der Waals surface area contributed by atoms with Crippen molar-refractivity contribution in [2.45, 2.75) is 38.7 Å². The molecule has 0 saturated carbocycles. The number of carbonyl (C=O) groups excluding carboxylic acids is 1. The molecule has 0 radical (unpaired) electrons. The predicted molar refractivity (Wildman–Crippen MR) is 84.8 cm³/mol. The third-order valence-electron chi connectivity index (χ3n) is 3.81. The summed E-state index contributed by atoms with van der Waals surface area (Å²) in [5, 5.41) is 9.44. The third-order valence-corrected chi connectivity index (χ3v) is 3.81. The van der Waals surface area contributed by atoms with Crippen LogP contribution in [0.15, 0.2) is 24.3 Å². The van der Waals surface area contributed by atoms with Gasteiger partial charge in [-0.15, -0.1) is 13.2 Å². The molecular weight excluding hydrogens is 355 g/mol. The van der Waals surface area contributed by atoms with Crippen molar-refractivity contribution in [1.29, 1.82) is 0 Å². The summed E-state index contributed by atoms with van der Waals surface area (Å²) in [6.07, 6.45) is -5.50. The fourth-order valence-corrected chi connectivity index (χ4v) is 2.81. The Kier molecular flexibility index (Phi) is 5.39. The number of carbonyl (C=O) groups is 2. The van der Waals surface area contributed by atoms with Crippen LogP contribution in [-0.2, 0) is 9.53 Å². The molecule has 0 aliphatic carbocycles. The quantitative estimate of drug-likeness (QED) is 0.873. The van der Waals surface area contributed by atoms with E-state index in [1.807, 2.05) is 0 Å². The van der Waals surface area contributed by atoms with Crippen molar-refractivity contribution < 1.29 is 37.3 Å². The van der Waals surface area contributed by atoms with Gasteiger partial charge in [0.25, 0.3) is 0 Å². The minimum absolute atomic E-state index is 0.0291. The summed E-state index contributed by atoms with van der Waals surface area (Å²) in [5.41, 5.74) is -0.390. The van der Waals surface area contributed by atoms with Crippen molar-refractivity contribution >= 4 is 12.1 Å². The Morgan fingerprint density at radius 3 is 2.38 bits per heavy atom. The van der Waals surface area contributed by atoms with Gasteiger partial charge in [0.05, 0.1) is 5.92 Å².